The van der Waals surface area contributed by atoms with Crippen LogP contribution in [0.3, 0.4) is 0 Å². The average Bonchev–Trinajstić information content (AvgIpc) is 2.34. The Hall–Kier alpha value is -2.08. The first kappa shape index (κ1) is 17.3. The Labute approximate surface area is 139 Å². The number of amides is 1. The molecule has 1 N–H and O–H groups in total. The molecule has 2 rings (SSSR count). The molecule has 6 nitrogen and oxygen atoms in total. The number of rotatable bonds is 3. The van der Waals surface area contributed by atoms with Crippen LogP contribution in [-0.4, -0.2) is 46.0 Å². The van der Waals surface area contributed by atoms with Crippen molar-refractivity contribution in [1.29, 1.82) is 0 Å². The van der Waals surface area contributed by atoms with Gasteiger partial charge in [0, 0.05) is 17.1 Å². The number of nitrogens with zero attached hydrogens (tertiary/aromatic N) is 1. The van der Waals surface area contributed by atoms with Crippen LogP contribution in [0.15, 0.2) is 18.2 Å². The SMILES string of the molecule is CC(C)(C)OC(=O)N1CCC1C(=O)c1cc(Cl)ccc1C(=O)O. The lowest BCUT2D eigenvalue weighted by atomic mass is 9.91. The zero-order chi connectivity index (χ0) is 17.4. The summed E-state index contributed by atoms with van der Waals surface area (Å²) in [5.74, 6) is -1.66. The topological polar surface area (TPSA) is 83.9 Å². The lowest BCUT2D eigenvalue weighted by Gasteiger charge is -2.40. The number of benzene rings is 1. The molecule has 0 aliphatic carbocycles. The highest BCUT2D eigenvalue weighted by Gasteiger charge is 2.41. The predicted molar refractivity (Wildman–Crippen MR) is 84.1 cm³/mol. The van der Waals surface area contributed by atoms with Gasteiger partial charge in [-0.15, -0.1) is 0 Å². The molecular formula is C16H18ClNO5. The fraction of sp³-hybridized carbons (Fsp3) is 0.438. The minimum atomic E-state index is -1.21. The number of hydrogen-bond donors (Lipinski definition) is 1. The van der Waals surface area contributed by atoms with E-state index in [4.69, 9.17) is 16.3 Å². The van der Waals surface area contributed by atoms with Crippen molar-refractivity contribution in [2.45, 2.75) is 38.8 Å². The van der Waals surface area contributed by atoms with Gasteiger partial charge in [-0.25, -0.2) is 9.59 Å². The molecule has 0 bridgehead atoms. The predicted octanol–water partition coefficient (Wildman–Crippen LogP) is 3.23. The largest absolute Gasteiger partial charge is 0.478 e. The van der Waals surface area contributed by atoms with Gasteiger partial charge in [0.15, 0.2) is 5.78 Å². The maximum Gasteiger partial charge on any atom is 0.410 e. The van der Waals surface area contributed by atoms with Gasteiger partial charge in [-0.3, -0.25) is 9.69 Å². The quantitative estimate of drug-likeness (QED) is 0.855. The number of hydrogen-bond acceptors (Lipinski definition) is 4. The second kappa shape index (κ2) is 6.20. The molecule has 124 valence electrons. The standard InChI is InChI=1S/C16H18ClNO5/c1-16(2,3)23-15(22)18-7-6-12(18)13(19)11-8-9(17)4-5-10(11)14(20)21/h4-5,8,12H,6-7H2,1-3H3,(H,20,21). The molecule has 0 radical (unpaired) electrons. The number of ether oxygens (including phenoxy) is 1. The first-order valence-corrected chi connectivity index (χ1v) is 7.54. The Morgan fingerprint density at radius 1 is 1.26 bits per heavy atom. The number of carbonyl (C=O) groups excluding carboxylic acids is 2. The fourth-order valence-electron chi connectivity index (χ4n) is 2.29. The molecule has 7 heteroatoms. The van der Waals surface area contributed by atoms with E-state index in [1.165, 1.54) is 23.1 Å². The van der Waals surface area contributed by atoms with Crippen molar-refractivity contribution in [1.82, 2.24) is 4.90 Å². The molecule has 1 aromatic carbocycles. The van der Waals surface area contributed by atoms with E-state index in [9.17, 15) is 19.5 Å². The van der Waals surface area contributed by atoms with Crippen LogP contribution in [0.4, 0.5) is 4.79 Å². The first-order valence-electron chi connectivity index (χ1n) is 7.17. The van der Waals surface area contributed by atoms with Crippen LogP contribution in [-0.2, 0) is 4.74 Å². The Morgan fingerprint density at radius 2 is 1.91 bits per heavy atom. The Kier molecular flexibility index (Phi) is 4.66. The highest BCUT2D eigenvalue weighted by atomic mass is 35.5. The fourth-order valence-corrected chi connectivity index (χ4v) is 2.46. The van der Waals surface area contributed by atoms with E-state index in [2.05, 4.69) is 0 Å². The maximum absolute atomic E-state index is 12.6. The van der Waals surface area contributed by atoms with Gasteiger partial charge < -0.3 is 9.84 Å². The molecule has 0 saturated carbocycles. The lowest BCUT2D eigenvalue weighted by molar-refractivity contribution is -0.00269. The zero-order valence-electron chi connectivity index (χ0n) is 13.1. The monoisotopic (exact) mass is 339 g/mol. The molecule has 1 aromatic rings. The molecule has 1 unspecified atom stereocenters. The zero-order valence-corrected chi connectivity index (χ0v) is 13.9. The van der Waals surface area contributed by atoms with Crippen LogP contribution < -0.4 is 0 Å². The van der Waals surface area contributed by atoms with Crippen LogP contribution in [0, 0.1) is 0 Å². The van der Waals surface area contributed by atoms with E-state index < -0.39 is 29.5 Å². The molecular weight excluding hydrogens is 322 g/mol. The minimum Gasteiger partial charge on any atom is -0.478 e. The lowest BCUT2D eigenvalue weighted by Crippen LogP contribution is -2.56. The van der Waals surface area contributed by atoms with Crippen molar-refractivity contribution < 1.29 is 24.2 Å². The van der Waals surface area contributed by atoms with Crippen LogP contribution in [0.1, 0.15) is 47.9 Å². The summed E-state index contributed by atoms with van der Waals surface area (Å²) in [6.07, 6.45) is -0.120. The summed E-state index contributed by atoms with van der Waals surface area (Å²) in [4.78, 5) is 37.3. The molecule has 1 atom stereocenters. The normalized spacial score (nSPS) is 17.4. The summed E-state index contributed by atoms with van der Waals surface area (Å²) in [5.41, 5.74) is -0.790. The van der Waals surface area contributed by atoms with Gasteiger partial charge in [0.05, 0.1) is 5.56 Å². The van der Waals surface area contributed by atoms with Gasteiger partial charge in [-0.05, 0) is 45.4 Å². The third-order valence-electron chi connectivity index (χ3n) is 3.43. The second-order valence-corrected chi connectivity index (χ2v) is 6.77. The molecule has 1 amide bonds. The van der Waals surface area contributed by atoms with Crippen molar-refractivity contribution in [2.24, 2.45) is 0 Å². The van der Waals surface area contributed by atoms with Gasteiger partial charge in [-0.1, -0.05) is 11.6 Å². The third kappa shape index (κ3) is 3.82. The van der Waals surface area contributed by atoms with Crippen molar-refractivity contribution >= 4 is 29.4 Å². The summed E-state index contributed by atoms with van der Waals surface area (Å²) < 4.78 is 5.25. The Morgan fingerprint density at radius 3 is 2.39 bits per heavy atom. The van der Waals surface area contributed by atoms with Crippen LogP contribution >= 0.6 is 11.6 Å². The van der Waals surface area contributed by atoms with Crippen LogP contribution in [0.2, 0.25) is 5.02 Å². The van der Waals surface area contributed by atoms with Gasteiger partial charge in [-0.2, -0.15) is 0 Å². The highest BCUT2D eigenvalue weighted by molar-refractivity contribution is 6.31. The molecule has 0 spiro atoms. The molecule has 1 aliphatic rings. The van der Waals surface area contributed by atoms with Crippen molar-refractivity contribution in [3.05, 3.63) is 34.3 Å². The van der Waals surface area contributed by atoms with E-state index in [0.717, 1.165) is 0 Å². The first-order chi connectivity index (χ1) is 10.6. The summed E-state index contributed by atoms with van der Waals surface area (Å²) in [6.45, 7) is 5.61. The number of aromatic carboxylic acids is 1. The summed E-state index contributed by atoms with van der Waals surface area (Å²) >= 11 is 5.87. The van der Waals surface area contributed by atoms with Gasteiger partial charge >= 0.3 is 12.1 Å². The number of likely N-dealkylation sites (tertiary alicyclic amines) is 1. The summed E-state index contributed by atoms with van der Waals surface area (Å²) in [7, 11) is 0. The summed E-state index contributed by atoms with van der Waals surface area (Å²) in [6, 6.07) is 3.29. The van der Waals surface area contributed by atoms with Crippen LogP contribution in [0.25, 0.3) is 0 Å². The molecule has 1 fully saturated rings. The van der Waals surface area contributed by atoms with E-state index >= 15 is 0 Å². The Balaban J connectivity index is 2.23. The van der Waals surface area contributed by atoms with Gasteiger partial charge in [0.25, 0.3) is 0 Å². The van der Waals surface area contributed by atoms with E-state index in [1.54, 1.807) is 20.8 Å². The van der Waals surface area contributed by atoms with E-state index in [-0.39, 0.29) is 16.1 Å². The maximum atomic E-state index is 12.6. The number of ketones is 1. The van der Waals surface area contributed by atoms with Crippen molar-refractivity contribution in [3.63, 3.8) is 0 Å². The number of carboxylic acid groups (broad SMARTS) is 1. The molecule has 1 aliphatic heterocycles. The van der Waals surface area contributed by atoms with E-state index in [1.807, 2.05) is 0 Å². The van der Waals surface area contributed by atoms with Gasteiger partial charge in [0.1, 0.15) is 11.6 Å². The van der Waals surface area contributed by atoms with Gasteiger partial charge in [0.2, 0.25) is 0 Å². The molecule has 23 heavy (non-hydrogen) atoms. The third-order valence-corrected chi connectivity index (χ3v) is 3.66. The summed E-state index contributed by atoms with van der Waals surface area (Å²) in [5, 5.41) is 9.47. The number of carbonyl (C=O) groups is 3. The highest BCUT2D eigenvalue weighted by Crippen LogP contribution is 2.27. The second-order valence-electron chi connectivity index (χ2n) is 6.34. The number of carboxylic acids is 1. The molecule has 1 heterocycles. The van der Waals surface area contributed by atoms with Crippen molar-refractivity contribution in [2.75, 3.05) is 6.54 Å². The van der Waals surface area contributed by atoms with Crippen LogP contribution in [0.5, 0.6) is 0 Å². The van der Waals surface area contributed by atoms with Crippen molar-refractivity contribution in [3.8, 4) is 0 Å². The minimum absolute atomic E-state index is 0.00302. The van der Waals surface area contributed by atoms with E-state index in [0.29, 0.717) is 13.0 Å². The Bertz CT molecular complexity index is 665. The smallest absolute Gasteiger partial charge is 0.410 e. The number of halogens is 1. The number of Topliss-reactive ketones (excluding diaryl/α,β-unsaturated/α-hetero) is 1. The average molecular weight is 340 g/mol. The molecule has 0 aromatic heterocycles. The molecule has 1 saturated heterocycles.